The third-order valence-corrected chi connectivity index (χ3v) is 2.58. The van der Waals surface area contributed by atoms with E-state index in [1.807, 2.05) is 0 Å². The van der Waals surface area contributed by atoms with E-state index in [9.17, 15) is 4.79 Å². The lowest BCUT2D eigenvalue weighted by Gasteiger charge is -2.26. The number of carbonyl (C=O) groups is 1. The average molecular weight is 220 g/mol. The van der Waals surface area contributed by atoms with Crippen LogP contribution < -0.4 is 0 Å². The molecule has 1 amide bonds. The van der Waals surface area contributed by atoms with Gasteiger partial charge in [-0.3, -0.25) is 4.79 Å². The summed E-state index contributed by atoms with van der Waals surface area (Å²) in [5.41, 5.74) is 1.24. The van der Waals surface area contributed by atoms with Gasteiger partial charge >= 0.3 is 0 Å². The molecule has 16 heavy (non-hydrogen) atoms. The Morgan fingerprint density at radius 3 is 2.50 bits per heavy atom. The highest BCUT2D eigenvalue weighted by molar-refractivity contribution is 5.95. The van der Waals surface area contributed by atoms with Gasteiger partial charge in [0.1, 0.15) is 6.33 Å². The molecule has 0 bridgehead atoms. The standard InChI is InChI=1S/C10H12N4O2/c15-10(8-5-11-7-12-6-8)14-3-1-9(13-16)2-4-14/h5-7,16H,1-4H2. The van der Waals surface area contributed by atoms with E-state index >= 15 is 0 Å². The van der Waals surface area contributed by atoms with Gasteiger partial charge in [-0.1, -0.05) is 5.16 Å². The van der Waals surface area contributed by atoms with Gasteiger partial charge in [-0.25, -0.2) is 9.97 Å². The largest absolute Gasteiger partial charge is 0.411 e. The third kappa shape index (κ3) is 2.16. The SMILES string of the molecule is O=C(c1cncnc1)N1CCC(=NO)CC1. The monoisotopic (exact) mass is 220 g/mol. The Labute approximate surface area is 92.6 Å². The zero-order valence-electron chi connectivity index (χ0n) is 8.70. The molecule has 2 heterocycles. The number of carbonyl (C=O) groups excluding carboxylic acids is 1. The Morgan fingerprint density at radius 1 is 1.31 bits per heavy atom. The van der Waals surface area contributed by atoms with Crippen molar-refractivity contribution in [3.63, 3.8) is 0 Å². The first-order valence-electron chi connectivity index (χ1n) is 5.05. The van der Waals surface area contributed by atoms with Crippen LogP contribution in [0.1, 0.15) is 23.2 Å². The fourth-order valence-electron chi connectivity index (χ4n) is 1.66. The van der Waals surface area contributed by atoms with Crippen LogP contribution in [0.25, 0.3) is 0 Å². The number of aromatic nitrogens is 2. The number of nitrogens with zero attached hydrogens (tertiary/aromatic N) is 4. The Balaban J connectivity index is 2.02. The van der Waals surface area contributed by atoms with Crippen LogP contribution in [0.15, 0.2) is 23.9 Å². The molecule has 1 aliphatic heterocycles. The summed E-state index contributed by atoms with van der Waals surface area (Å²) >= 11 is 0. The van der Waals surface area contributed by atoms with Gasteiger partial charge < -0.3 is 10.1 Å². The number of amides is 1. The van der Waals surface area contributed by atoms with Gasteiger partial charge in [-0.05, 0) is 0 Å². The average Bonchev–Trinajstić information content (AvgIpc) is 2.39. The minimum atomic E-state index is -0.0717. The third-order valence-electron chi connectivity index (χ3n) is 2.58. The van der Waals surface area contributed by atoms with Crippen LogP contribution in [0, 0.1) is 0 Å². The van der Waals surface area contributed by atoms with Crippen LogP contribution in [0.2, 0.25) is 0 Å². The number of piperidine rings is 1. The summed E-state index contributed by atoms with van der Waals surface area (Å²) in [5, 5.41) is 11.8. The molecule has 2 rings (SSSR count). The second kappa shape index (κ2) is 4.69. The van der Waals surface area contributed by atoms with Crippen LogP contribution >= 0.6 is 0 Å². The van der Waals surface area contributed by atoms with E-state index in [0.717, 1.165) is 5.71 Å². The van der Waals surface area contributed by atoms with Crippen LogP contribution in [0.5, 0.6) is 0 Å². The van der Waals surface area contributed by atoms with Crippen LogP contribution in [0.4, 0.5) is 0 Å². The van der Waals surface area contributed by atoms with E-state index in [1.165, 1.54) is 18.7 Å². The van der Waals surface area contributed by atoms with Crippen molar-refractivity contribution in [3.8, 4) is 0 Å². The molecule has 0 aromatic carbocycles. The van der Waals surface area contributed by atoms with Crippen molar-refractivity contribution in [2.24, 2.45) is 5.16 Å². The van der Waals surface area contributed by atoms with Gasteiger partial charge in [0.15, 0.2) is 0 Å². The quantitative estimate of drug-likeness (QED) is 0.553. The Morgan fingerprint density at radius 2 is 1.94 bits per heavy atom. The summed E-state index contributed by atoms with van der Waals surface area (Å²) in [6, 6.07) is 0. The molecule has 6 nitrogen and oxygen atoms in total. The van der Waals surface area contributed by atoms with Crippen molar-refractivity contribution in [1.29, 1.82) is 0 Å². The van der Waals surface area contributed by atoms with Crippen molar-refractivity contribution in [2.45, 2.75) is 12.8 Å². The van der Waals surface area contributed by atoms with Crippen molar-refractivity contribution < 1.29 is 10.0 Å². The lowest BCUT2D eigenvalue weighted by molar-refractivity contribution is 0.0753. The molecular weight excluding hydrogens is 208 g/mol. The van der Waals surface area contributed by atoms with Gasteiger partial charge in [0.2, 0.25) is 0 Å². The van der Waals surface area contributed by atoms with E-state index in [0.29, 0.717) is 31.5 Å². The fourth-order valence-corrected chi connectivity index (χ4v) is 1.66. The Kier molecular flexibility index (Phi) is 3.09. The lowest BCUT2D eigenvalue weighted by atomic mass is 10.1. The number of hydrogen-bond acceptors (Lipinski definition) is 5. The van der Waals surface area contributed by atoms with Crippen molar-refractivity contribution in [2.75, 3.05) is 13.1 Å². The van der Waals surface area contributed by atoms with Gasteiger partial charge in [0.05, 0.1) is 11.3 Å². The van der Waals surface area contributed by atoms with Crippen molar-refractivity contribution in [3.05, 3.63) is 24.3 Å². The number of likely N-dealkylation sites (tertiary alicyclic amines) is 1. The highest BCUT2D eigenvalue weighted by Crippen LogP contribution is 2.10. The molecule has 1 aliphatic rings. The maximum absolute atomic E-state index is 11.9. The second-order valence-corrected chi connectivity index (χ2v) is 3.59. The summed E-state index contributed by atoms with van der Waals surface area (Å²) in [5.74, 6) is -0.0717. The summed E-state index contributed by atoms with van der Waals surface area (Å²) in [6.07, 6.45) is 5.64. The molecule has 0 spiro atoms. The highest BCUT2D eigenvalue weighted by Gasteiger charge is 2.21. The predicted molar refractivity (Wildman–Crippen MR) is 56.4 cm³/mol. The van der Waals surface area contributed by atoms with E-state index in [1.54, 1.807) is 4.90 Å². The summed E-state index contributed by atoms with van der Waals surface area (Å²) in [4.78, 5) is 21.3. The zero-order chi connectivity index (χ0) is 11.4. The van der Waals surface area contributed by atoms with Gasteiger partial charge in [-0.15, -0.1) is 0 Å². The molecule has 84 valence electrons. The molecule has 0 saturated carbocycles. The van der Waals surface area contributed by atoms with Crippen molar-refractivity contribution >= 4 is 11.6 Å². The molecule has 1 saturated heterocycles. The Bertz CT molecular complexity index is 395. The smallest absolute Gasteiger partial charge is 0.257 e. The maximum atomic E-state index is 11.9. The topological polar surface area (TPSA) is 78.7 Å². The summed E-state index contributed by atoms with van der Waals surface area (Å²) in [6.45, 7) is 1.15. The second-order valence-electron chi connectivity index (χ2n) is 3.59. The lowest BCUT2D eigenvalue weighted by Crippen LogP contribution is -2.38. The first kappa shape index (κ1) is 10.5. The molecule has 1 N–H and O–H groups in total. The number of hydrogen-bond donors (Lipinski definition) is 1. The predicted octanol–water partition coefficient (Wildman–Crippen LogP) is 0.543. The molecule has 0 aliphatic carbocycles. The van der Waals surface area contributed by atoms with Crippen molar-refractivity contribution in [1.82, 2.24) is 14.9 Å². The molecule has 0 atom stereocenters. The fraction of sp³-hybridized carbons (Fsp3) is 0.400. The molecule has 6 heteroatoms. The first-order valence-corrected chi connectivity index (χ1v) is 5.05. The number of rotatable bonds is 1. The molecule has 1 aromatic heterocycles. The normalized spacial score (nSPS) is 16.0. The molecule has 1 fully saturated rings. The van der Waals surface area contributed by atoms with E-state index in [-0.39, 0.29) is 5.91 Å². The molecular formula is C10H12N4O2. The summed E-state index contributed by atoms with van der Waals surface area (Å²) in [7, 11) is 0. The number of oxime groups is 1. The van der Waals surface area contributed by atoms with E-state index < -0.39 is 0 Å². The maximum Gasteiger partial charge on any atom is 0.257 e. The van der Waals surface area contributed by atoms with Gasteiger partial charge in [-0.2, -0.15) is 0 Å². The zero-order valence-corrected chi connectivity index (χ0v) is 8.70. The molecule has 1 aromatic rings. The van der Waals surface area contributed by atoms with Crippen LogP contribution in [-0.2, 0) is 0 Å². The van der Waals surface area contributed by atoms with E-state index in [4.69, 9.17) is 5.21 Å². The van der Waals surface area contributed by atoms with Gasteiger partial charge in [0, 0.05) is 38.3 Å². The minimum absolute atomic E-state index is 0.0717. The Hall–Kier alpha value is -1.98. The van der Waals surface area contributed by atoms with Crippen LogP contribution in [-0.4, -0.2) is 44.8 Å². The van der Waals surface area contributed by atoms with Gasteiger partial charge in [0.25, 0.3) is 5.91 Å². The minimum Gasteiger partial charge on any atom is -0.411 e. The summed E-state index contributed by atoms with van der Waals surface area (Å²) < 4.78 is 0. The highest BCUT2D eigenvalue weighted by atomic mass is 16.4. The molecule has 0 radical (unpaired) electrons. The van der Waals surface area contributed by atoms with Crippen LogP contribution in [0.3, 0.4) is 0 Å². The molecule has 0 unspecified atom stereocenters. The first-order chi connectivity index (χ1) is 7.81. The van der Waals surface area contributed by atoms with E-state index in [2.05, 4.69) is 15.1 Å².